The highest BCUT2D eigenvalue weighted by Crippen LogP contribution is 2.38. The number of hydrogen-bond donors (Lipinski definition) is 3. The van der Waals surface area contributed by atoms with Crippen molar-refractivity contribution >= 4 is 24.2 Å². The minimum atomic E-state index is -1.49. The predicted molar refractivity (Wildman–Crippen MR) is 205 cm³/mol. The molecule has 3 aliphatic rings. The highest BCUT2D eigenvalue weighted by Gasteiger charge is 2.52. The number of cyclic esters (lactones) is 1. The molecule has 16 nitrogen and oxygen atoms in total. The second-order valence-corrected chi connectivity index (χ2v) is 15.6. The fraction of sp³-hybridized carbons (Fsp3) is 0.756. The van der Waals surface area contributed by atoms with Gasteiger partial charge in [0.1, 0.15) is 42.7 Å². The van der Waals surface area contributed by atoms with Gasteiger partial charge in [0.2, 0.25) is 0 Å². The lowest BCUT2D eigenvalue weighted by atomic mass is 9.84. The number of methoxy groups -OCH3 is 1. The summed E-state index contributed by atoms with van der Waals surface area (Å²) in [5.74, 6) is -3.31. The minimum absolute atomic E-state index is 0.0348. The molecular weight excluding hydrogens is 746 g/mol. The first-order chi connectivity index (χ1) is 26.9. The average molecular weight is 812 g/mol. The molecule has 0 saturated carbocycles. The molecule has 0 aromatic rings. The van der Waals surface area contributed by atoms with Crippen LogP contribution in [0.3, 0.4) is 0 Å². The zero-order chi connectivity index (χ0) is 42.6. The highest BCUT2D eigenvalue weighted by molar-refractivity contribution is 5.75. The minimum Gasteiger partial charge on any atom is -0.495 e. The smallest absolute Gasteiger partial charge is 0.313 e. The zero-order valence-corrected chi connectivity index (χ0v) is 35.0. The molecule has 0 aromatic carbocycles. The van der Waals surface area contributed by atoms with Crippen molar-refractivity contribution in [2.24, 2.45) is 11.8 Å². The number of carbonyl (C=O) groups is 4. The number of nitrogens with zero attached hydrogens (tertiary/aromatic N) is 1. The lowest BCUT2D eigenvalue weighted by molar-refractivity contribution is -0.339. The molecule has 57 heavy (non-hydrogen) atoms. The normalized spacial score (nSPS) is 39.8. The number of aldehydes is 1. The molecule has 0 spiro atoms. The van der Waals surface area contributed by atoms with E-state index in [1.165, 1.54) is 7.11 Å². The van der Waals surface area contributed by atoms with Gasteiger partial charge in [-0.2, -0.15) is 0 Å². The van der Waals surface area contributed by atoms with E-state index in [4.69, 9.17) is 37.9 Å². The van der Waals surface area contributed by atoms with Crippen molar-refractivity contribution in [2.45, 2.75) is 166 Å². The van der Waals surface area contributed by atoms with Gasteiger partial charge in [0.05, 0.1) is 31.5 Å². The maximum absolute atomic E-state index is 13.3. The van der Waals surface area contributed by atoms with Gasteiger partial charge >= 0.3 is 17.9 Å². The Kier molecular flexibility index (Phi) is 18.8. The van der Waals surface area contributed by atoms with E-state index in [1.807, 2.05) is 6.92 Å². The van der Waals surface area contributed by atoms with Crippen molar-refractivity contribution in [1.82, 2.24) is 4.90 Å². The van der Waals surface area contributed by atoms with Crippen molar-refractivity contribution in [1.29, 1.82) is 0 Å². The standard InChI is InChI=1S/C41H65NO15/c1-11-30(45)54-29-21-32(47)51-24(4)16-14-13-15-17-28(44)23(3)20-27(18-19-43)37(38(29)50-10)57-40-35(48)34(42(8)9)36(25(5)53-40)56-33-22-41(7,49)39(26(6)52-33)55-31(46)12-2/h13-15,17,19,23-28,33-37,39-40,44,48-49H,11-12,16,18,20-22H2,1-10H3/b14-13+,17-15+,38-29+/t23-,24-,25+,26+,27+,28+,33-,34-,35+,36-,37+,39+,40+,41-/m1/s1. The molecule has 3 N–H and O–H groups in total. The molecule has 0 aliphatic carbocycles. The van der Waals surface area contributed by atoms with Gasteiger partial charge in [-0.1, -0.05) is 45.1 Å². The molecule has 0 unspecified atom stereocenters. The molecule has 16 heteroatoms. The Morgan fingerprint density at radius 2 is 1.70 bits per heavy atom. The number of likely N-dealkylation sites (N-methyl/N-ethyl adjacent to an activating group) is 1. The topological polar surface area (TPSA) is 206 Å². The molecule has 3 aliphatic heterocycles. The van der Waals surface area contributed by atoms with E-state index in [1.54, 1.807) is 84.8 Å². The van der Waals surface area contributed by atoms with Crippen LogP contribution in [0.2, 0.25) is 0 Å². The first-order valence-corrected chi connectivity index (χ1v) is 19.9. The quantitative estimate of drug-likeness (QED) is 0.147. The Bertz CT molecular complexity index is 1430. The van der Waals surface area contributed by atoms with E-state index < -0.39 is 109 Å². The van der Waals surface area contributed by atoms with E-state index in [2.05, 4.69) is 0 Å². The second kappa shape index (κ2) is 22.2. The number of rotatable bonds is 12. The number of aliphatic hydroxyl groups is 3. The number of aliphatic hydroxyl groups excluding tert-OH is 2. The first kappa shape index (κ1) is 48.2. The monoisotopic (exact) mass is 811 g/mol. The molecular formula is C41H65NO15. The Hall–Kier alpha value is -3.22. The van der Waals surface area contributed by atoms with Crippen molar-refractivity contribution in [3.63, 3.8) is 0 Å². The summed E-state index contributed by atoms with van der Waals surface area (Å²) < 4.78 is 48.2. The Balaban J connectivity index is 2.06. The largest absolute Gasteiger partial charge is 0.495 e. The van der Waals surface area contributed by atoms with Crippen LogP contribution in [0.4, 0.5) is 0 Å². The van der Waals surface area contributed by atoms with Gasteiger partial charge < -0.3 is 62.9 Å². The molecule has 14 atom stereocenters. The van der Waals surface area contributed by atoms with Crippen LogP contribution in [0.25, 0.3) is 0 Å². The molecule has 0 radical (unpaired) electrons. The number of allylic oxidation sites excluding steroid dienone is 2. The summed E-state index contributed by atoms with van der Waals surface area (Å²) in [6.45, 7) is 11.7. The van der Waals surface area contributed by atoms with Crippen LogP contribution < -0.4 is 0 Å². The Morgan fingerprint density at radius 1 is 1.02 bits per heavy atom. The van der Waals surface area contributed by atoms with Gasteiger partial charge in [0, 0.05) is 32.1 Å². The fourth-order valence-electron chi connectivity index (χ4n) is 7.48. The zero-order valence-electron chi connectivity index (χ0n) is 35.0. The van der Waals surface area contributed by atoms with Crippen LogP contribution in [0, 0.1) is 11.8 Å². The third-order valence-electron chi connectivity index (χ3n) is 10.5. The Labute approximate surface area is 336 Å². The van der Waals surface area contributed by atoms with E-state index in [9.17, 15) is 34.5 Å². The van der Waals surface area contributed by atoms with Crippen molar-refractivity contribution in [3.05, 3.63) is 35.8 Å². The summed E-state index contributed by atoms with van der Waals surface area (Å²) in [6, 6.07) is -0.795. The maximum atomic E-state index is 13.3. The van der Waals surface area contributed by atoms with E-state index >= 15 is 0 Å². The van der Waals surface area contributed by atoms with Gasteiger partial charge in [-0.25, -0.2) is 0 Å². The lowest BCUT2D eigenvalue weighted by Crippen LogP contribution is -2.65. The van der Waals surface area contributed by atoms with E-state index in [0.29, 0.717) is 12.7 Å². The first-order valence-electron chi connectivity index (χ1n) is 19.9. The van der Waals surface area contributed by atoms with Crippen LogP contribution in [0.15, 0.2) is 35.8 Å². The van der Waals surface area contributed by atoms with Crippen LogP contribution in [0.1, 0.15) is 93.4 Å². The van der Waals surface area contributed by atoms with Gasteiger partial charge in [-0.15, -0.1) is 0 Å². The number of esters is 3. The van der Waals surface area contributed by atoms with Gasteiger partial charge in [0.15, 0.2) is 30.2 Å². The van der Waals surface area contributed by atoms with E-state index in [-0.39, 0.29) is 43.6 Å². The second-order valence-electron chi connectivity index (χ2n) is 15.6. The number of carbonyl (C=O) groups excluding carboxylic acids is 4. The molecule has 324 valence electrons. The molecule has 0 bridgehead atoms. The molecule has 2 fully saturated rings. The van der Waals surface area contributed by atoms with Gasteiger partial charge in [0.25, 0.3) is 0 Å². The SMILES string of the molecule is CCC(=O)O/C1=C(/OC)[C@@H](O[C@@H]2O[C@@H](C)[C@@H](O[C@@H]3C[C@@](C)(O)[C@@H](OC(=O)CC)[C@H](C)O3)[C@H](N(C)C)[C@@H]2O)[C@@H](CC=O)C[C@@H](C)[C@@H](O)/C=C/C=C/C[C@@H](C)OC(=O)C1. The summed E-state index contributed by atoms with van der Waals surface area (Å²) >= 11 is 0. The summed E-state index contributed by atoms with van der Waals surface area (Å²) in [4.78, 5) is 52.2. The number of ether oxygens (including phenoxy) is 8. The molecule has 3 rings (SSSR count). The lowest BCUT2D eigenvalue weighted by Gasteiger charge is -2.50. The summed E-state index contributed by atoms with van der Waals surface area (Å²) in [7, 11) is 4.79. The fourth-order valence-corrected chi connectivity index (χ4v) is 7.48. The average Bonchev–Trinajstić information content (AvgIpc) is 3.13. The van der Waals surface area contributed by atoms with Crippen LogP contribution in [-0.2, 0) is 57.1 Å². The van der Waals surface area contributed by atoms with Crippen molar-refractivity contribution in [2.75, 3.05) is 21.2 Å². The van der Waals surface area contributed by atoms with E-state index in [0.717, 1.165) is 0 Å². The third kappa shape index (κ3) is 13.4. The van der Waals surface area contributed by atoms with Crippen molar-refractivity contribution < 1.29 is 72.4 Å². The van der Waals surface area contributed by atoms with Gasteiger partial charge in [-0.05, 0) is 60.0 Å². The maximum Gasteiger partial charge on any atom is 0.313 e. The van der Waals surface area contributed by atoms with Crippen molar-refractivity contribution in [3.8, 4) is 0 Å². The summed E-state index contributed by atoms with van der Waals surface area (Å²) in [6.07, 6.45) is -2.25. The van der Waals surface area contributed by atoms with Crippen LogP contribution >= 0.6 is 0 Å². The molecule has 2 saturated heterocycles. The predicted octanol–water partition coefficient (Wildman–Crippen LogP) is 3.24. The molecule has 3 heterocycles. The highest BCUT2D eigenvalue weighted by atomic mass is 16.7. The number of hydrogen-bond acceptors (Lipinski definition) is 16. The van der Waals surface area contributed by atoms with Crippen LogP contribution in [-0.4, -0.2) is 139 Å². The molecule has 0 aromatic heterocycles. The van der Waals surface area contributed by atoms with Crippen LogP contribution in [0.5, 0.6) is 0 Å². The summed E-state index contributed by atoms with van der Waals surface area (Å²) in [5, 5.41) is 34.5. The molecule has 0 amide bonds. The van der Waals surface area contributed by atoms with Gasteiger partial charge in [-0.3, -0.25) is 14.4 Å². The Morgan fingerprint density at radius 3 is 2.30 bits per heavy atom. The third-order valence-corrected chi connectivity index (χ3v) is 10.5. The summed E-state index contributed by atoms with van der Waals surface area (Å²) in [5.41, 5.74) is -1.49.